The number of aromatic nitrogens is 2. The van der Waals surface area contributed by atoms with Crippen LogP contribution in [-0.4, -0.2) is 28.8 Å². The van der Waals surface area contributed by atoms with Crippen LogP contribution in [0.1, 0.15) is 45.4 Å². The molecule has 5 nitrogen and oxygen atoms in total. The summed E-state index contributed by atoms with van der Waals surface area (Å²) in [7, 11) is 0. The van der Waals surface area contributed by atoms with Gasteiger partial charge in [-0.3, -0.25) is 0 Å². The summed E-state index contributed by atoms with van der Waals surface area (Å²) < 4.78 is 5.77. The molecule has 1 heterocycles. The molecule has 2 fully saturated rings. The fourth-order valence-electron chi connectivity index (χ4n) is 2.11. The number of hydrogen-bond acceptors (Lipinski definition) is 5. The largest absolute Gasteiger partial charge is 0.407 e. The van der Waals surface area contributed by atoms with E-state index < -0.39 is 0 Å². The molecule has 2 saturated carbocycles. The predicted octanol–water partition coefficient (Wildman–Crippen LogP) is 1.95. The minimum Gasteiger partial charge on any atom is -0.407 e. The summed E-state index contributed by atoms with van der Waals surface area (Å²) in [6.45, 7) is 6.16. The first-order valence-corrected chi connectivity index (χ1v) is 7.05. The molecule has 1 aromatic rings. The maximum atomic E-state index is 5.77. The first-order valence-electron chi connectivity index (χ1n) is 7.05. The average molecular weight is 250 g/mol. The van der Waals surface area contributed by atoms with Crippen LogP contribution in [0.2, 0.25) is 0 Å². The molecule has 0 bridgehead atoms. The lowest BCUT2D eigenvalue weighted by Crippen LogP contribution is -2.30. The van der Waals surface area contributed by atoms with Gasteiger partial charge in [-0.2, -0.15) is 0 Å². The second-order valence-corrected chi connectivity index (χ2v) is 5.91. The van der Waals surface area contributed by atoms with Gasteiger partial charge < -0.3 is 14.6 Å². The number of rotatable bonds is 7. The Bertz CT molecular complexity index is 395. The molecule has 0 aliphatic heterocycles. The molecule has 3 rings (SSSR count). The maximum absolute atomic E-state index is 5.77. The van der Waals surface area contributed by atoms with Gasteiger partial charge in [-0.25, -0.2) is 0 Å². The van der Waals surface area contributed by atoms with Gasteiger partial charge >= 0.3 is 6.01 Å². The van der Waals surface area contributed by atoms with Gasteiger partial charge in [0.1, 0.15) is 0 Å². The second-order valence-electron chi connectivity index (χ2n) is 5.91. The topological polar surface area (TPSA) is 54.2 Å². The van der Waals surface area contributed by atoms with Crippen LogP contribution in [0.5, 0.6) is 0 Å². The number of hydrogen-bond donors (Lipinski definition) is 1. The highest BCUT2D eigenvalue weighted by Crippen LogP contribution is 2.31. The van der Waals surface area contributed by atoms with E-state index in [1.54, 1.807) is 0 Å². The summed E-state index contributed by atoms with van der Waals surface area (Å²) >= 11 is 0. The van der Waals surface area contributed by atoms with E-state index in [0.29, 0.717) is 36.5 Å². The number of nitrogens with zero attached hydrogens (tertiary/aromatic N) is 3. The Kier molecular flexibility index (Phi) is 3.24. The van der Waals surface area contributed by atoms with Gasteiger partial charge in [0.15, 0.2) is 0 Å². The molecule has 18 heavy (non-hydrogen) atoms. The van der Waals surface area contributed by atoms with E-state index in [1.165, 1.54) is 25.7 Å². The third-order valence-corrected chi connectivity index (χ3v) is 3.37. The number of anilines is 1. The predicted molar refractivity (Wildman–Crippen MR) is 69.4 cm³/mol. The molecule has 0 spiro atoms. The standard InChI is InChI=1S/C13H22N4O/c1-9(2)8-17(11-5-6-11)13-16-15-12(18-13)7-14-10-3-4-10/h9-11,14H,3-8H2,1-2H3. The van der Waals surface area contributed by atoms with Crippen molar-refractivity contribution in [2.24, 2.45) is 5.92 Å². The van der Waals surface area contributed by atoms with Gasteiger partial charge in [-0.05, 0) is 31.6 Å². The van der Waals surface area contributed by atoms with E-state index >= 15 is 0 Å². The summed E-state index contributed by atoms with van der Waals surface area (Å²) in [6.07, 6.45) is 5.07. The van der Waals surface area contributed by atoms with Gasteiger partial charge in [0.25, 0.3) is 0 Å². The third kappa shape index (κ3) is 3.02. The van der Waals surface area contributed by atoms with Crippen LogP contribution in [0.15, 0.2) is 4.42 Å². The van der Waals surface area contributed by atoms with Crippen LogP contribution >= 0.6 is 0 Å². The summed E-state index contributed by atoms with van der Waals surface area (Å²) in [5.74, 6) is 1.33. The lowest BCUT2D eigenvalue weighted by molar-refractivity contribution is 0.449. The Morgan fingerprint density at radius 3 is 2.67 bits per heavy atom. The molecule has 0 saturated heterocycles. The van der Waals surface area contributed by atoms with Crippen LogP contribution in [0.3, 0.4) is 0 Å². The Hall–Kier alpha value is -1.10. The lowest BCUT2D eigenvalue weighted by Gasteiger charge is -2.21. The first-order chi connectivity index (χ1) is 8.72. The maximum Gasteiger partial charge on any atom is 0.318 e. The first kappa shape index (κ1) is 12.0. The molecular weight excluding hydrogens is 228 g/mol. The van der Waals surface area contributed by atoms with E-state index in [9.17, 15) is 0 Å². The molecule has 2 aliphatic rings. The van der Waals surface area contributed by atoms with Crippen molar-refractivity contribution >= 4 is 6.01 Å². The van der Waals surface area contributed by atoms with E-state index in [-0.39, 0.29) is 0 Å². The van der Waals surface area contributed by atoms with Crippen molar-refractivity contribution in [3.63, 3.8) is 0 Å². The summed E-state index contributed by atoms with van der Waals surface area (Å²) in [6, 6.07) is 2.01. The Labute approximate surface area is 108 Å². The molecule has 0 atom stereocenters. The fourth-order valence-corrected chi connectivity index (χ4v) is 2.11. The summed E-state index contributed by atoms with van der Waals surface area (Å²) in [5.41, 5.74) is 0. The highest BCUT2D eigenvalue weighted by atomic mass is 16.4. The SMILES string of the molecule is CC(C)CN(c1nnc(CNC2CC2)o1)C1CC1. The lowest BCUT2D eigenvalue weighted by atomic mass is 10.2. The van der Waals surface area contributed by atoms with Crippen molar-refractivity contribution in [2.45, 2.75) is 58.2 Å². The fraction of sp³-hybridized carbons (Fsp3) is 0.846. The molecule has 5 heteroatoms. The van der Waals surface area contributed by atoms with Gasteiger partial charge in [-0.1, -0.05) is 18.9 Å². The minimum absolute atomic E-state index is 0.616. The summed E-state index contributed by atoms with van der Waals surface area (Å²) in [5, 5.41) is 11.7. The van der Waals surface area contributed by atoms with E-state index in [0.717, 1.165) is 6.54 Å². The Balaban J connectivity index is 1.61. The van der Waals surface area contributed by atoms with Crippen molar-refractivity contribution in [3.05, 3.63) is 5.89 Å². The Morgan fingerprint density at radius 1 is 1.28 bits per heavy atom. The summed E-state index contributed by atoms with van der Waals surface area (Å²) in [4.78, 5) is 2.28. The van der Waals surface area contributed by atoms with Gasteiger partial charge in [0.2, 0.25) is 5.89 Å². The molecule has 0 unspecified atom stereocenters. The van der Waals surface area contributed by atoms with Gasteiger partial charge in [0, 0.05) is 18.6 Å². The van der Waals surface area contributed by atoms with Gasteiger partial charge in [0.05, 0.1) is 6.54 Å². The molecule has 1 aromatic heterocycles. The highest BCUT2D eigenvalue weighted by molar-refractivity contribution is 5.29. The average Bonchev–Trinajstić information content (AvgIpc) is 3.23. The second kappa shape index (κ2) is 4.88. The van der Waals surface area contributed by atoms with E-state index in [1.807, 2.05) is 0 Å². The van der Waals surface area contributed by atoms with Crippen LogP contribution in [0.25, 0.3) is 0 Å². The Morgan fingerprint density at radius 2 is 2.06 bits per heavy atom. The molecule has 2 aliphatic carbocycles. The van der Waals surface area contributed by atoms with Crippen LogP contribution in [0.4, 0.5) is 6.01 Å². The molecule has 1 N–H and O–H groups in total. The number of nitrogens with one attached hydrogen (secondary N) is 1. The van der Waals surface area contributed by atoms with Crippen molar-refractivity contribution in [3.8, 4) is 0 Å². The van der Waals surface area contributed by atoms with Crippen molar-refractivity contribution in [1.82, 2.24) is 15.5 Å². The van der Waals surface area contributed by atoms with Crippen LogP contribution < -0.4 is 10.2 Å². The van der Waals surface area contributed by atoms with Gasteiger partial charge in [-0.15, -0.1) is 5.10 Å². The van der Waals surface area contributed by atoms with E-state index in [2.05, 4.69) is 34.3 Å². The van der Waals surface area contributed by atoms with Crippen molar-refractivity contribution in [1.29, 1.82) is 0 Å². The van der Waals surface area contributed by atoms with Crippen molar-refractivity contribution < 1.29 is 4.42 Å². The molecule has 0 radical (unpaired) electrons. The van der Waals surface area contributed by atoms with Crippen LogP contribution in [-0.2, 0) is 6.54 Å². The molecular formula is C13H22N4O. The quantitative estimate of drug-likeness (QED) is 0.801. The highest BCUT2D eigenvalue weighted by Gasteiger charge is 2.32. The molecule has 0 aromatic carbocycles. The van der Waals surface area contributed by atoms with Crippen LogP contribution in [0, 0.1) is 5.92 Å². The van der Waals surface area contributed by atoms with Crippen molar-refractivity contribution in [2.75, 3.05) is 11.4 Å². The zero-order valence-electron chi connectivity index (χ0n) is 11.2. The monoisotopic (exact) mass is 250 g/mol. The normalized spacial score (nSPS) is 19.5. The third-order valence-electron chi connectivity index (χ3n) is 3.37. The smallest absolute Gasteiger partial charge is 0.318 e. The minimum atomic E-state index is 0.616. The zero-order valence-corrected chi connectivity index (χ0v) is 11.2. The molecule has 100 valence electrons. The zero-order chi connectivity index (χ0) is 12.5. The van der Waals surface area contributed by atoms with E-state index in [4.69, 9.17) is 4.42 Å². The molecule has 0 amide bonds.